The molecule has 1 aliphatic heterocycles. The Hall–Kier alpha value is -2.58. The van der Waals surface area contributed by atoms with Crippen LogP contribution in [0.5, 0.6) is 0 Å². The monoisotopic (exact) mass is 344 g/mol. The fraction of sp³-hybridized carbons (Fsp3) is 0.400. The number of benzene rings is 1. The van der Waals surface area contributed by atoms with E-state index in [1.54, 1.807) is 23.5 Å². The van der Waals surface area contributed by atoms with Gasteiger partial charge in [0.2, 0.25) is 5.91 Å². The summed E-state index contributed by atoms with van der Waals surface area (Å²) in [6.45, 7) is -1.87. The first-order valence-corrected chi connectivity index (χ1v) is 7.18. The first-order valence-electron chi connectivity index (χ1n) is 7.18. The van der Waals surface area contributed by atoms with Crippen LogP contribution in [0.2, 0.25) is 0 Å². The summed E-state index contributed by atoms with van der Waals surface area (Å²) in [5.41, 5.74) is 0.442. The van der Waals surface area contributed by atoms with Gasteiger partial charge in [-0.1, -0.05) is 12.1 Å². The highest BCUT2D eigenvalue weighted by Crippen LogP contribution is 2.25. The molecule has 6 nitrogen and oxygen atoms in total. The Bertz CT molecular complexity index is 646. The third-order valence-corrected chi connectivity index (χ3v) is 3.31. The lowest BCUT2D eigenvalue weighted by Crippen LogP contribution is -2.36. The summed E-state index contributed by atoms with van der Waals surface area (Å²) in [6.07, 6.45) is -3.49. The highest BCUT2D eigenvalue weighted by molar-refractivity contribution is 6.03. The van der Waals surface area contributed by atoms with E-state index in [1.807, 2.05) is 0 Å². The van der Waals surface area contributed by atoms with Crippen LogP contribution in [-0.2, 0) is 14.3 Å². The number of ether oxygens (including phenoxy) is 1. The van der Waals surface area contributed by atoms with E-state index >= 15 is 0 Å². The molecule has 1 aromatic rings. The van der Waals surface area contributed by atoms with Crippen LogP contribution < -0.4 is 10.2 Å². The lowest BCUT2D eigenvalue weighted by Gasteiger charge is -2.18. The van der Waals surface area contributed by atoms with Gasteiger partial charge in [0.05, 0.1) is 11.3 Å². The molecule has 1 N–H and O–H groups in total. The van der Waals surface area contributed by atoms with Crippen LogP contribution in [-0.4, -0.2) is 43.7 Å². The minimum absolute atomic E-state index is 0.0800. The molecule has 1 fully saturated rings. The van der Waals surface area contributed by atoms with Gasteiger partial charge in [0.15, 0.2) is 6.61 Å². The van der Waals surface area contributed by atoms with Crippen molar-refractivity contribution in [2.45, 2.75) is 19.0 Å². The number of esters is 1. The lowest BCUT2D eigenvalue weighted by molar-refractivity contribution is -0.140. The summed E-state index contributed by atoms with van der Waals surface area (Å²) in [5, 5.41) is 1.60. The van der Waals surface area contributed by atoms with Crippen LogP contribution >= 0.6 is 0 Å². The number of rotatable bonds is 5. The molecule has 0 spiro atoms. The Morgan fingerprint density at radius 1 is 1.25 bits per heavy atom. The molecule has 0 radical (unpaired) electrons. The summed E-state index contributed by atoms with van der Waals surface area (Å²) in [7, 11) is 0. The lowest BCUT2D eigenvalue weighted by atomic mass is 10.1. The Morgan fingerprint density at radius 3 is 2.58 bits per heavy atom. The van der Waals surface area contributed by atoms with Gasteiger partial charge in [-0.2, -0.15) is 13.2 Å². The normalized spacial score (nSPS) is 14.6. The Kier molecular flexibility index (Phi) is 5.42. The number of hydrogen-bond acceptors (Lipinski definition) is 4. The molecule has 1 heterocycles. The molecule has 24 heavy (non-hydrogen) atoms. The number of hydrogen-bond donors (Lipinski definition) is 1. The number of carbonyl (C=O) groups is 3. The van der Waals surface area contributed by atoms with Crippen molar-refractivity contribution in [1.29, 1.82) is 0 Å². The van der Waals surface area contributed by atoms with Crippen LogP contribution in [0.25, 0.3) is 0 Å². The van der Waals surface area contributed by atoms with Crippen LogP contribution in [0.3, 0.4) is 0 Å². The highest BCUT2D eigenvalue weighted by Gasteiger charge is 2.28. The third kappa shape index (κ3) is 4.71. The SMILES string of the molecule is O=C(COC(=O)c1ccccc1N1CCCC1=O)NCC(F)(F)F. The van der Waals surface area contributed by atoms with Gasteiger partial charge in [0, 0.05) is 13.0 Å². The van der Waals surface area contributed by atoms with Crippen molar-refractivity contribution in [2.24, 2.45) is 0 Å². The summed E-state index contributed by atoms with van der Waals surface area (Å²) in [5.74, 6) is -2.07. The maximum absolute atomic E-state index is 12.1. The Labute approximate surface area is 135 Å². The number of halogens is 3. The van der Waals surface area contributed by atoms with E-state index in [9.17, 15) is 27.6 Å². The second kappa shape index (κ2) is 7.33. The molecule has 130 valence electrons. The van der Waals surface area contributed by atoms with Gasteiger partial charge in [-0.05, 0) is 18.6 Å². The maximum Gasteiger partial charge on any atom is 0.405 e. The molecular formula is C15H15F3N2O4. The second-order valence-electron chi connectivity index (χ2n) is 5.13. The standard InChI is InChI=1S/C15H15F3N2O4/c16-15(17,18)9-19-12(21)8-24-14(23)10-4-1-2-5-11(10)20-7-3-6-13(20)22/h1-2,4-5H,3,6-9H2,(H,19,21). The predicted octanol–water partition coefficient (Wildman–Crippen LogP) is 1.65. The summed E-state index contributed by atoms with van der Waals surface area (Å²) < 4.78 is 40.7. The number of para-hydroxylation sites is 1. The predicted molar refractivity (Wildman–Crippen MR) is 77.4 cm³/mol. The first kappa shape index (κ1) is 17.8. The molecule has 0 bridgehead atoms. The largest absolute Gasteiger partial charge is 0.452 e. The van der Waals surface area contributed by atoms with E-state index in [0.29, 0.717) is 25.1 Å². The van der Waals surface area contributed by atoms with Crippen molar-refractivity contribution in [3.05, 3.63) is 29.8 Å². The Balaban J connectivity index is 1.98. The van der Waals surface area contributed by atoms with Crippen LogP contribution in [0, 0.1) is 0 Å². The smallest absolute Gasteiger partial charge is 0.405 e. The zero-order chi connectivity index (χ0) is 17.7. The van der Waals surface area contributed by atoms with Gasteiger partial charge < -0.3 is 15.0 Å². The number of anilines is 1. The van der Waals surface area contributed by atoms with E-state index in [1.165, 1.54) is 11.0 Å². The van der Waals surface area contributed by atoms with E-state index in [4.69, 9.17) is 4.74 Å². The van der Waals surface area contributed by atoms with Crippen molar-refractivity contribution in [2.75, 3.05) is 24.6 Å². The molecule has 2 amide bonds. The quantitative estimate of drug-likeness (QED) is 0.824. The van der Waals surface area contributed by atoms with Crippen LogP contribution in [0.4, 0.5) is 18.9 Å². The van der Waals surface area contributed by atoms with Gasteiger partial charge in [-0.3, -0.25) is 9.59 Å². The molecule has 0 saturated carbocycles. The fourth-order valence-electron chi connectivity index (χ4n) is 2.24. The van der Waals surface area contributed by atoms with Crippen LogP contribution in [0.1, 0.15) is 23.2 Å². The third-order valence-electron chi connectivity index (χ3n) is 3.31. The number of alkyl halides is 3. The Morgan fingerprint density at radius 2 is 1.96 bits per heavy atom. The summed E-state index contributed by atoms with van der Waals surface area (Å²) in [6, 6.07) is 6.21. The minimum Gasteiger partial charge on any atom is -0.452 e. The van der Waals surface area contributed by atoms with Gasteiger partial charge in [-0.25, -0.2) is 4.79 Å². The molecule has 1 saturated heterocycles. The molecule has 0 aromatic heterocycles. The zero-order valence-corrected chi connectivity index (χ0v) is 12.6. The molecule has 9 heteroatoms. The van der Waals surface area contributed by atoms with Crippen molar-refractivity contribution < 1.29 is 32.3 Å². The topological polar surface area (TPSA) is 75.7 Å². The van der Waals surface area contributed by atoms with Crippen LogP contribution in [0.15, 0.2) is 24.3 Å². The van der Waals surface area contributed by atoms with E-state index in [-0.39, 0.29) is 11.5 Å². The minimum atomic E-state index is -4.54. The molecule has 0 aliphatic carbocycles. The first-order chi connectivity index (χ1) is 11.3. The molecule has 1 aliphatic rings. The zero-order valence-electron chi connectivity index (χ0n) is 12.6. The fourth-order valence-corrected chi connectivity index (χ4v) is 2.24. The van der Waals surface area contributed by atoms with Crippen molar-refractivity contribution in [1.82, 2.24) is 5.32 Å². The summed E-state index contributed by atoms with van der Waals surface area (Å²) >= 11 is 0. The number of amides is 2. The maximum atomic E-state index is 12.1. The average molecular weight is 344 g/mol. The van der Waals surface area contributed by atoms with Gasteiger partial charge in [0.25, 0.3) is 5.91 Å². The molecule has 1 aromatic carbocycles. The van der Waals surface area contributed by atoms with Gasteiger partial charge in [-0.15, -0.1) is 0 Å². The summed E-state index contributed by atoms with van der Waals surface area (Å²) in [4.78, 5) is 36.6. The number of carbonyl (C=O) groups excluding carboxylic acids is 3. The number of nitrogens with zero attached hydrogens (tertiary/aromatic N) is 1. The molecule has 0 atom stereocenters. The molecule has 2 rings (SSSR count). The van der Waals surface area contributed by atoms with E-state index in [2.05, 4.69) is 0 Å². The average Bonchev–Trinajstić information content (AvgIpc) is 2.96. The van der Waals surface area contributed by atoms with E-state index in [0.717, 1.165) is 0 Å². The highest BCUT2D eigenvalue weighted by atomic mass is 19.4. The van der Waals surface area contributed by atoms with Gasteiger partial charge in [0.1, 0.15) is 6.54 Å². The second-order valence-corrected chi connectivity index (χ2v) is 5.13. The van der Waals surface area contributed by atoms with Crippen molar-refractivity contribution in [3.63, 3.8) is 0 Å². The molecular weight excluding hydrogens is 329 g/mol. The van der Waals surface area contributed by atoms with E-state index < -0.39 is 31.2 Å². The van der Waals surface area contributed by atoms with Gasteiger partial charge >= 0.3 is 12.1 Å². The number of nitrogens with one attached hydrogen (secondary N) is 1. The van der Waals surface area contributed by atoms with Crippen molar-refractivity contribution >= 4 is 23.5 Å². The van der Waals surface area contributed by atoms with Crippen molar-refractivity contribution in [3.8, 4) is 0 Å². The molecule has 0 unspecified atom stereocenters.